The molecule has 0 aromatic rings. The number of phosphoric ester groups is 1. The highest BCUT2D eigenvalue weighted by molar-refractivity contribution is 7.47. The van der Waals surface area contributed by atoms with Crippen LogP contribution in [0.1, 0.15) is 219 Å². The molecule has 0 radical (unpaired) electrons. The predicted molar refractivity (Wildman–Crippen MR) is 249 cm³/mol. The molecule has 1 aliphatic rings. The quantitative estimate of drug-likeness (QED) is 0.0147. The minimum atomic E-state index is -5.02. The maximum atomic E-state index is 12.8. The number of aliphatic hydroxyl groups excluding tert-OH is 5. The lowest BCUT2D eigenvalue weighted by Crippen LogP contribution is -2.64. The van der Waals surface area contributed by atoms with Crippen LogP contribution in [0.3, 0.4) is 0 Å². The number of phosphoric acid groups is 1. The highest BCUT2D eigenvalue weighted by Gasteiger charge is 2.51. The number of hydrogen-bond acceptors (Lipinski definition) is 11. The standard InChI is InChI=1S/C49H93O12P/c1-3-5-7-9-11-13-15-17-19-20-21-22-23-25-27-29-31-33-35-37-39-58-40-42(41-59-62(56,57)61-49-47(54)45(52)44(51)46(53)48(49)55)60-43(50)38-36-34-32-30-28-26-24-18-16-14-12-10-8-6-4-2/h12,14,18,24,42,44-49,51-55H,3-11,13,15-17,19-23,25-41H2,1-2H3,(H,56,57)/b14-12-,24-18-. The number of esters is 1. The second-order valence-electron chi connectivity index (χ2n) is 17.7. The zero-order valence-electron chi connectivity index (χ0n) is 39.2. The summed E-state index contributed by atoms with van der Waals surface area (Å²) in [5.41, 5.74) is 0. The van der Waals surface area contributed by atoms with E-state index in [1.54, 1.807) is 0 Å². The summed E-state index contributed by atoms with van der Waals surface area (Å²) in [5.74, 6) is -0.487. The third kappa shape index (κ3) is 31.7. The zero-order valence-corrected chi connectivity index (χ0v) is 40.1. The number of rotatable bonds is 43. The second-order valence-corrected chi connectivity index (χ2v) is 19.1. The van der Waals surface area contributed by atoms with Crippen LogP contribution in [0, 0.1) is 0 Å². The van der Waals surface area contributed by atoms with Crippen LogP contribution in [-0.4, -0.2) is 98.9 Å². The molecule has 1 aliphatic carbocycles. The molecule has 6 atom stereocenters. The Labute approximate surface area is 377 Å². The first-order valence-electron chi connectivity index (χ1n) is 25.2. The average molecular weight is 905 g/mol. The Morgan fingerprint density at radius 3 is 1.39 bits per heavy atom. The number of unbranched alkanes of at least 4 members (excludes halogenated alkanes) is 27. The lowest BCUT2D eigenvalue weighted by molar-refractivity contribution is -0.220. The highest BCUT2D eigenvalue weighted by Crippen LogP contribution is 2.47. The summed E-state index contributed by atoms with van der Waals surface area (Å²) in [4.78, 5) is 23.2. The zero-order chi connectivity index (χ0) is 45.5. The van der Waals surface area contributed by atoms with Gasteiger partial charge in [0.25, 0.3) is 0 Å². The molecule has 0 aromatic carbocycles. The van der Waals surface area contributed by atoms with E-state index >= 15 is 0 Å². The summed E-state index contributed by atoms with van der Waals surface area (Å²) in [6, 6.07) is 0. The Kier molecular flexibility index (Phi) is 38.1. The van der Waals surface area contributed by atoms with Crippen molar-refractivity contribution in [3.63, 3.8) is 0 Å². The monoisotopic (exact) mass is 905 g/mol. The van der Waals surface area contributed by atoms with E-state index in [9.17, 15) is 39.8 Å². The van der Waals surface area contributed by atoms with Gasteiger partial charge >= 0.3 is 13.8 Å². The van der Waals surface area contributed by atoms with Crippen molar-refractivity contribution in [3.8, 4) is 0 Å². The van der Waals surface area contributed by atoms with Gasteiger partial charge in [0.05, 0.1) is 13.2 Å². The molecule has 1 saturated carbocycles. The molecule has 0 bridgehead atoms. The first kappa shape index (κ1) is 58.8. The van der Waals surface area contributed by atoms with E-state index in [0.717, 1.165) is 64.2 Å². The molecule has 1 fully saturated rings. The lowest BCUT2D eigenvalue weighted by atomic mass is 9.85. The molecular weight excluding hydrogens is 812 g/mol. The largest absolute Gasteiger partial charge is 0.472 e. The molecular formula is C49H93O12P. The van der Waals surface area contributed by atoms with Gasteiger partial charge < -0.3 is 39.9 Å². The van der Waals surface area contributed by atoms with E-state index in [1.165, 1.54) is 128 Å². The highest BCUT2D eigenvalue weighted by atomic mass is 31.2. The minimum absolute atomic E-state index is 0.0780. The van der Waals surface area contributed by atoms with Crippen LogP contribution in [0.5, 0.6) is 0 Å². The Bertz CT molecular complexity index is 1120. The van der Waals surface area contributed by atoms with Crippen molar-refractivity contribution in [1.29, 1.82) is 0 Å². The Hall–Kier alpha value is -1.18. The number of aliphatic hydroxyl groups is 5. The summed E-state index contributed by atoms with van der Waals surface area (Å²) in [5, 5.41) is 50.2. The van der Waals surface area contributed by atoms with E-state index in [1.807, 2.05) is 0 Å². The summed E-state index contributed by atoms with van der Waals surface area (Å²) in [7, 11) is -5.02. The Balaban J connectivity index is 2.34. The van der Waals surface area contributed by atoms with Crippen molar-refractivity contribution >= 4 is 13.8 Å². The SMILES string of the molecule is CCCCC/C=C\C/C=C\CCCCCCCC(=O)OC(COCCCCCCCCCCCCCCCCCCCCCC)COP(=O)(O)OC1C(O)C(O)C(O)C(O)C1O. The number of allylic oxidation sites excluding steroid dienone is 4. The van der Waals surface area contributed by atoms with Crippen molar-refractivity contribution in [1.82, 2.24) is 0 Å². The van der Waals surface area contributed by atoms with Gasteiger partial charge in [-0.25, -0.2) is 4.57 Å². The van der Waals surface area contributed by atoms with E-state index in [4.69, 9.17) is 18.5 Å². The predicted octanol–water partition coefficient (Wildman–Crippen LogP) is 10.9. The number of ether oxygens (including phenoxy) is 2. The van der Waals surface area contributed by atoms with Gasteiger partial charge in [0.2, 0.25) is 0 Å². The maximum absolute atomic E-state index is 12.8. The smallest absolute Gasteiger partial charge is 0.457 e. The third-order valence-electron chi connectivity index (χ3n) is 11.8. The van der Waals surface area contributed by atoms with Gasteiger partial charge in [-0.2, -0.15) is 0 Å². The molecule has 6 N–H and O–H groups in total. The number of carbonyl (C=O) groups excluding carboxylic acids is 1. The summed E-state index contributed by atoms with van der Waals surface area (Å²) in [6.45, 7) is 4.25. The summed E-state index contributed by atoms with van der Waals surface area (Å²) < 4.78 is 34.2. The molecule has 1 rings (SSSR count). The fraction of sp³-hybridized carbons (Fsp3) is 0.898. The first-order valence-corrected chi connectivity index (χ1v) is 26.7. The molecule has 0 amide bonds. The molecule has 0 heterocycles. The van der Waals surface area contributed by atoms with Crippen molar-refractivity contribution in [2.45, 2.75) is 262 Å². The fourth-order valence-electron chi connectivity index (χ4n) is 7.80. The molecule has 0 spiro atoms. The molecule has 62 heavy (non-hydrogen) atoms. The molecule has 0 aliphatic heterocycles. The topological polar surface area (TPSA) is 192 Å². The normalized spacial score (nSPS) is 22.1. The third-order valence-corrected chi connectivity index (χ3v) is 12.8. The minimum Gasteiger partial charge on any atom is -0.457 e. The van der Waals surface area contributed by atoms with Crippen molar-refractivity contribution in [3.05, 3.63) is 24.3 Å². The van der Waals surface area contributed by atoms with Crippen LogP contribution >= 0.6 is 7.82 Å². The van der Waals surface area contributed by atoms with Crippen molar-refractivity contribution in [2.75, 3.05) is 19.8 Å². The molecule has 12 nitrogen and oxygen atoms in total. The number of carbonyl (C=O) groups is 1. The van der Waals surface area contributed by atoms with Crippen LogP contribution < -0.4 is 0 Å². The summed E-state index contributed by atoms with van der Waals surface area (Å²) in [6.07, 6.45) is 33.9. The van der Waals surface area contributed by atoms with Gasteiger partial charge in [-0.3, -0.25) is 13.8 Å². The van der Waals surface area contributed by atoms with E-state index in [0.29, 0.717) is 13.0 Å². The van der Waals surface area contributed by atoms with Crippen LogP contribution in [0.2, 0.25) is 0 Å². The Morgan fingerprint density at radius 1 is 0.516 bits per heavy atom. The number of hydrogen-bond donors (Lipinski definition) is 6. The van der Waals surface area contributed by atoms with Crippen LogP contribution in [0.4, 0.5) is 0 Å². The van der Waals surface area contributed by atoms with Gasteiger partial charge in [0.15, 0.2) is 0 Å². The maximum Gasteiger partial charge on any atom is 0.472 e. The Morgan fingerprint density at radius 2 is 0.903 bits per heavy atom. The van der Waals surface area contributed by atoms with Gasteiger partial charge in [0.1, 0.15) is 42.7 Å². The van der Waals surface area contributed by atoms with E-state index in [2.05, 4.69) is 38.2 Å². The van der Waals surface area contributed by atoms with Crippen LogP contribution in [-0.2, 0) is 27.9 Å². The van der Waals surface area contributed by atoms with Crippen molar-refractivity contribution in [2.24, 2.45) is 0 Å². The van der Waals surface area contributed by atoms with Gasteiger partial charge in [-0.15, -0.1) is 0 Å². The lowest BCUT2D eigenvalue weighted by Gasteiger charge is -2.41. The molecule has 0 saturated heterocycles. The van der Waals surface area contributed by atoms with Crippen LogP contribution in [0.25, 0.3) is 0 Å². The molecule has 13 heteroatoms. The first-order chi connectivity index (χ1) is 30.0. The van der Waals surface area contributed by atoms with Crippen LogP contribution in [0.15, 0.2) is 24.3 Å². The average Bonchev–Trinajstić information content (AvgIpc) is 3.26. The molecule has 0 aromatic heterocycles. The van der Waals surface area contributed by atoms with Gasteiger partial charge in [0, 0.05) is 13.0 Å². The van der Waals surface area contributed by atoms with E-state index in [-0.39, 0.29) is 13.0 Å². The second kappa shape index (κ2) is 40.1. The van der Waals surface area contributed by atoms with Gasteiger partial charge in [-0.05, 0) is 44.9 Å². The summed E-state index contributed by atoms with van der Waals surface area (Å²) >= 11 is 0. The molecule has 6 unspecified atom stereocenters. The molecule has 366 valence electrons. The fourth-order valence-corrected chi connectivity index (χ4v) is 8.77. The van der Waals surface area contributed by atoms with E-state index < -0.39 is 63.1 Å². The van der Waals surface area contributed by atoms with Gasteiger partial charge in [-0.1, -0.05) is 192 Å². The van der Waals surface area contributed by atoms with Crippen molar-refractivity contribution < 1.29 is 58.3 Å².